The van der Waals surface area contributed by atoms with Crippen LogP contribution in [0.1, 0.15) is 32.3 Å². The summed E-state index contributed by atoms with van der Waals surface area (Å²) in [7, 11) is 0. The molecule has 2 aromatic carbocycles. The summed E-state index contributed by atoms with van der Waals surface area (Å²) >= 11 is 0. The highest BCUT2D eigenvalue weighted by Crippen LogP contribution is 2.13. The lowest BCUT2D eigenvalue weighted by Gasteiger charge is -2.26. The number of amides is 4. The number of hydrogen-bond acceptors (Lipinski definition) is 6. The number of ether oxygens (including phenoxy) is 2. The van der Waals surface area contributed by atoms with Crippen LogP contribution in [0.2, 0.25) is 0 Å². The van der Waals surface area contributed by atoms with E-state index in [1.54, 1.807) is 24.3 Å². The number of nitrogens with two attached hydrogens (primary N) is 1. The summed E-state index contributed by atoms with van der Waals surface area (Å²) in [5.41, 5.74) is 8.30. The van der Waals surface area contributed by atoms with Crippen molar-refractivity contribution in [1.82, 2.24) is 15.8 Å². The number of benzene rings is 2. The molecule has 0 saturated heterocycles. The zero-order valence-corrected chi connectivity index (χ0v) is 19.5. The molecule has 0 fully saturated rings. The Hall–Kier alpha value is -4.15. The molecule has 10 nitrogen and oxygen atoms in total. The van der Waals surface area contributed by atoms with E-state index in [0.717, 1.165) is 22.7 Å². The van der Waals surface area contributed by atoms with Gasteiger partial charge in [0, 0.05) is 6.42 Å². The molecule has 1 unspecified atom stereocenters. The number of rotatable bonds is 10. The number of hydrazine groups is 1. The first kappa shape index (κ1) is 27.1. The Morgan fingerprint density at radius 1 is 1.03 bits per heavy atom. The van der Waals surface area contributed by atoms with E-state index in [1.165, 1.54) is 12.1 Å². The van der Waals surface area contributed by atoms with Crippen molar-refractivity contribution in [2.24, 2.45) is 11.7 Å². The number of alkyl carbamates (subject to hydrolysis) is 1. The van der Waals surface area contributed by atoms with Crippen LogP contribution < -0.4 is 21.2 Å². The minimum absolute atomic E-state index is 0.00501. The van der Waals surface area contributed by atoms with Gasteiger partial charge in [0.05, 0.1) is 6.54 Å². The summed E-state index contributed by atoms with van der Waals surface area (Å²) in [4.78, 5) is 49.1. The van der Waals surface area contributed by atoms with Gasteiger partial charge < -0.3 is 20.5 Å². The maximum Gasteiger partial charge on any atom is 0.434 e. The van der Waals surface area contributed by atoms with Crippen molar-refractivity contribution in [1.29, 1.82) is 0 Å². The minimum atomic E-state index is -1.05. The van der Waals surface area contributed by atoms with E-state index in [9.17, 15) is 23.6 Å². The highest BCUT2D eigenvalue weighted by Gasteiger charge is 2.27. The average molecular weight is 489 g/mol. The monoisotopic (exact) mass is 488 g/mol. The number of carbonyl (C=O) groups excluding carboxylic acids is 4. The Bertz CT molecular complexity index is 1000. The first-order chi connectivity index (χ1) is 16.6. The Morgan fingerprint density at radius 3 is 2.29 bits per heavy atom. The molecule has 4 N–H and O–H groups in total. The van der Waals surface area contributed by atoms with Crippen LogP contribution in [-0.4, -0.2) is 41.6 Å². The predicted octanol–water partition coefficient (Wildman–Crippen LogP) is 2.87. The second-order valence-corrected chi connectivity index (χ2v) is 8.05. The lowest BCUT2D eigenvalue weighted by molar-refractivity contribution is -0.128. The molecule has 0 aromatic heterocycles. The summed E-state index contributed by atoms with van der Waals surface area (Å²) in [6, 6.07) is 12.6. The van der Waals surface area contributed by atoms with Crippen molar-refractivity contribution in [3.05, 3.63) is 66.0 Å². The van der Waals surface area contributed by atoms with Crippen LogP contribution in [0.3, 0.4) is 0 Å². The van der Waals surface area contributed by atoms with Gasteiger partial charge in [0.1, 0.15) is 24.2 Å². The summed E-state index contributed by atoms with van der Waals surface area (Å²) in [5.74, 6) is -1.93. The Labute approximate surface area is 202 Å². The second kappa shape index (κ2) is 13.5. The van der Waals surface area contributed by atoms with Gasteiger partial charge in [-0.3, -0.25) is 15.0 Å². The van der Waals surface area contributed by atoms with Crippen molar-refractivity contribution in [2.45, 2.75) is 39.3 Å². The molecule has 0 heterocycles. The van der Waals surface area contributed by atoms with Crippen molar-refractivity contribution in [3.63, 3.8) is 0 Å². The molecule has 0 radical (unpaired) electrons. The molecule has 0 saturated carbocycles. The van der Waals surface area contributed by atoms with Crippen LogP contribution >= 0.6 is 0 Å². The molecular weight excluding hydrogens is 459 g/mol. The molecule has 1 atom stereocenters. The highest BCUT2D eigenvalue weighted by molar-refractivity contribution is 5.87. The van der Waals surface area contributed by atoms with Gasteiger partial charge in [-0.05, 0) is 42.2 Å². The van der Waals surface area contributed by atoms with Crippen molar-refractivity contribution >= 4 is 24.0 Å². The minimum Gasteiger partial charge on any atom is -0.445 e. The van der Waals surface area contributed by atoms with Gasteiger partial charge in [0.2, 0.25) is 5.91 Å². The summed E-state index contributed by atoms with van der Waals surface area (Å²) in [5, 5.41) is 3.26. The van der Waals surface area contributed by atoms with Crippen molar-refractivity contribution in [3.8, 4) is 5.75 Å². The van der Waals surface area contributed by atoms with E-state index in [1.807, 2.05) is 19.9 Å². The molecule has 4 amide bonds. The Morgan fingerprint density at radius 2 is 1.69 bits per heavy atom. The lowest BCUT2D eigenvalue weighted by atomic mass is 10.0. The third-order valence-corrected chi connectivity index (χ3v) is 4.59. The van der Waals surface area contributed by atoms with Crippen LogP contribution in [0.15, 0.2) is 54.6 Å². The fraction of sp³-hybridized carbons (Fsp3) is 0.333. The molecule has 0 aliphatic heterocycles. The number of carbonyl (C=O) groups is 4. The molecule has 2 aromatic rings. The van der Waals surface area contributed by atoms with E-state index in [-0.39, 0.29) is 37.7 Å². The SMILES string of the molecule is CC(C)CC(NC(=O)OCc1ccccc1)C(=O)NN(CCC(N)=O)C(=O)Oc1ccc(F)cc1. The fourth-order valence-corrected chi connectivity index (χ4v) is 2.89. The highest BCUT2D eigenvalue weighted by atomic mass is 19.1. The first-order valence-electron chi connectivity index (χ1n) is 10.9. The standard InChI is InChI=1S/C24H29FN4O6/c1-16(2)14-20(27-23(32)34-15-17-6-4-3-5-7-17)22(31)28-29(13-12-21(26)30)24(33)35-19-10-8-18(25)9-11-19/h3-11,16,20H,12-15H2,1-2H3,(H2,26,30)(H,27,32)(H,28,31). The molecule has 0 spiro atoms. The Kier molecular flexibility index (Phi) is 10.5. The van der Waals surface area contributed by atoms with Gasteiger partial charge in [-0.2, -0.15) is 0 Å². The second-order valence-electron chi connectivity index (χ2n) is 8.05. The lowest BCUT2D eigenvalue weighted by Crippen LogP contribution is -2.55. The number of halogens is 1. The van der Waals surface area contributed by atoms with Crippen LogP contribution in [0.25, 0.3) is 0 Å². The van der Waals surface area contributed by atoms with Gasteiger partial charge in [-0.15, -0.1) is 0 Å². The fourth-order valence-electron chi connectivity index (χ4n) is 2.89. The maximum absolute atomic E-state index is 13.1. The van der Waals surface area contributed by atoms with E-state index in [0.29, 0.717) is 0 Å². The molecule has 35 heavy (non-hydrogen) atoms. The topological polar surface area (TPSA) is 140 Å². The first-order valence-corrected chi connectivity index (χ1v) is 10.9. The number of nitrogens with one attached hydrogen (secondary N) is 2. The summed E-state index contributed by atoms with van der Waals surface area (Å²) in [6.07, 6.45) is -1.86. The molecule has 2 rings (SSSR count). The van der Waals surface area contributed by atoms with Gasteiger partial charge in [-0.1, -0.05) is 44.2 Å². The van der Waals surface area contributed by atoms with Crippen LogP contribution in [0.5, 0.6) is 5.75 Å². The van der Waals surface area contributed by atoms with Gasteiger partial charge in [-0.25, -0.2) is 19.0 Å². The summed E-state index contributed by atoms with van der Waals surface area (Å²) < 4.78 is 23.4. The number of nitrogens with zero attached hydrogens (tertiary/aromatic N) is 1. The molecule has 0 aliphatic rings. The average Bonchev–Trinajstić information content (AvgIpc) is 2.81. The van der Waals surface area contributed by atoms with E-state index in [2.05, 4.69) is 10.7 Å². The third-order valence-electron chi connectivity index (χ3n) is 4.59. The summed E-state index contributed by atoms with van der Waals surface area (Å²) in [6.45, 7) is 3.43. The molecule has 0 bridgehead atoms. The maximum atomic E-state index is 13.1. The van der Waals surface area contributed by atoms with Crippen molar-refractivity contribution in [2.75, 3.05) is 6.54 Å². The van der Waals surface area contributed by atoms with E-state index >= 15 is 0 Å². The Balaban J connectivity index is 2.05. The third kappa shape index (κ3) is 10.1. The smallest absolute Gasteiger partial charge is 0.434 e. The molecule has 11 heteroatoms. The van der Waals surface area contributed by atoms with Crippen LogP contribution in [-0.2, 0) is 20.9 Å². The largest absolute Gasteiger partial charge is 0.445 e. The predicted molar refractivity (Wildman–Crippen MR) is 124 cm³/mol. The van der Waals surface area contributed by atoms with Crippen molar-refractivity contribution < 1.29 is 33.0 Å². The van der Waals surface area contributed by atoms with E-state index in [4.69, 9.17) is 15.2 Å². The van der Waals surface area contributed by atoms with E-state index < -0.39 is 35.9 Å². The quantitative estimate of drug-likeness (QED) is 0.439. The molecule has 188 valence electrons. The number of hydrogen-bond donors (Lipinski definition) is 3. The molecular formula is C24H29FN4O6. The number of primary amides is 1. The zero-order chi connectivity index (χ0) is 25.8. The zero-order valence-electron chi connectivity index (χ0n) is 19.5. The normalized spacial score (nSPS) is 11.3. The van der Waals surface area contributed by atoms with Gasteiger partial charge in [0.25, 0.3) is 5.91 Å². The molecule has 0 aliphatic carbocycles. The van der Waals surface area contributed by atoms with Crippen LogP contribution in [0.4, 0.5) is 14.0 Å². The van der Waals surface area contributed by atoms with Gasteiger partial charge >= 0.3 is 12.2 Å². The van der Waals surface area contributed by atoms with Crippen LogP contribution in [0, 0.1) is 11.7 Å². The van der Waals surface area contributed by atoms with Gasteiger partial charge in [0.15, 0.2) is 0 Å².